The Morgan fingerprint density at radius 2 is 1.74 bits per heavy atom. The van der Waals surface area contributed by atoms with Gasteiger partial charge in [-0.1, -0.05) is 55.7 Å². The van der Waals surface area contributed by atoms with Crippen molar-refractivity contribution in [2.75, 3.05) is 7.05 Å². The molecule has 0 radical (unpaired) electrons. The molecule has 1 N–H and O–H groups in total. The Labute approximate surface area is 161 Å². The van der Waals surface area contributed by atoms with Gasteiger partial charge in [-0.05, 0) is 36.6 Å². The van der Waals surface area contributed by atoms with Crippen LogP contribution in [0.5, 0.6) is 0 Å². The van der Waals surface area contributed by atoms with Crippen LogP contribution < -0.4 is 4.72 Å². The highest BCUT2D eigenvalue weighted by Crippen LogP contribution is 2.21. The summed E-state index contributed by atoms with van der Waals surface area (Å²) in [4.78, 5) is 14.5. The molecule has 1 amide bonds. The molecule has 0 saturated heterocycles. The van der Waals surface area contributed by atoms with E-state index < -0.39 is 10.0 Å². The summed E-state index contributed by atoms with van der Waals surface area (Å²) in [7, 11) is -1.90. The zero-order chi connectivity index (χ0) is 19.3. The number of hydrogen-bond donors (Lipinski definition) is 1. The highest BCUT2D eigenvalue weighted by atomic mass is 32.2. The number of carbonyl (C=O) groups excluding carboxylic acids is 1. The second-order valence-electron chi connectivity index (χ2n) is 7.13. The van der Waals surface area contributed by atoms with Crippen LogP contribution in [-0.2, 0) is 16.6 Å². The van der Waals surface area contributed by atoms with E-state index in [0.29, 0.717) is 12.1 Å². The fourth-order valence-corrected chi connectivity index (χ4v) is 4.80. The molecule has 1 fully saturated rings. The largest absolute Gasteiger partial charge is 0.337 e. The molecule has 1 saturated carbocycles. The van der Waals surface area contributed by atoms with Crippen LogP contribution >= 0.6 is 0 Å². The highest BCUT2D eigenvalue weighted by molar-refractivity contribution is 7.89. The smallest absolute Gasteiger partial charge is 0.253 e. The lowest BCUT2D eigenvalue weighted by Crippen LogP contribution is -2.36. The third-order valence-corrected chi connectivity index (χ3v) is 6.45. The van der Waals surface area contributed by atoms with Gasteiger partial charge in [0, 0.05) is 25.2 Å². The van der Waals surface area contributed by atoms with Crippen LogP contribution in [0.4, 0.5) is 0 Å². The maximum Gasteiger partial charge on any atom is 0.253 e. The number of rotatable bonds is 6. The van der Waals surface area contributed by atoms with Crippen LogP contribution in [0.2, 0.25) is 0 Å². The summed E-state index contributed by atoms with van der Waals surface area (Å²) in [5, 5.41) is 0. The van der Waals surface area contributed by atoms with Gasteiger partial charge >= 0.3 is 0 Å². The number of benzene rings is 2. The van der Waals surface area contributed by atoms with Crippen molar-refractivity contribution >= 4 is 15.9 Å². The number of nitrogens with zero attached hydrogens (tertiary/aromatic N) is 1. The first-order valence-electron chi connectivity index (χ1n) is 9.37. The SMILES string of the molecule is CN(Cc1ccccc1)C(=O)c1cccc(S(=O)(=O)NC2CCCCC2)c1. The number of sulfonamides is 1. The van der Waals surface area contributed by atoms with E-state index in [1.807, 2.05) is 30.3 Å². The molecule has 0 bridgehead atoms. The summed E-state index contributed by atoms with van der Waals surface area (Å²) < 4.78 is 28.2. The van der Waals surface area contributed by atoms with Crippen LogP contribution in [0.25, 0.3) is 0 Å². The van der Waals surface area contributed by atoms with Crippen LogP contribution in [0.1, 0.15) is 48.0 Å². The molecular weight excluding hydrogens is 360 g/mol. The van der Waals surface area contributed by atoms with Crippen molar-refractivity contribution in [1.82, 2.24) is 9.62 Å². The van der Waals surface area contributed by atoms with Gasteiger partial charge in [0.15, 0.2) is 0 Å². The molecule has 0 aromatic heterocycles. The number of hydrogen-bond acceptors (Lipinski definition) is 3. The molecule has 1 aliphatic rings. The Balaban J connectivity index is 1.73. The van der Waals surface area contributed by atoms with Crippen molar-refractivity contribution in [1.29, 1.82) is 0 Å². The maximum absolute atomic E-state index is 12.7. The van der Waals surface area contributed by atoms with E-state index in [1.165, 1.54) is 6.07 Å². The summed E-state index contributed by atoms with van der Waals surface area (Å²) in [6.45, 7) is 0.469. The summed E-state index contributed by atoms with van der Waals surface area (Å²) in [5.41, 5.74) is 1.40. The summed E-state index contributed by atoms with van der Waals surface area (Å²) in [5.74, 6) is -0.200. The Morgan fingerprint density at radius 3 is 2.44 bits per heavy atom. The van der Waals surface area contributed by atoms with E-state index in [4.69, 9.17) is 0 Å². The minimum atomic E-state index is -3.62. The third-order valence-electron chi connectivity index (χ3n) is 4.93. The van der Waals surface area contributed by atoms with E-state index in [1.54, 1.807) is 30.1 Å². The minimum absolute atomic E-state index is 0.0103. The lowest BCUT2D eigenvalue weighted by atomic mass is 9.96. The van der Waals surface area contributed by atoms with Crippen molar-refractivity contribution in [3.63, 3.8) is 0 Å². The van der Waals surface area contributed by atoms with E-state index in [-0.39, 0.29) is 16.8 Å². The fourth-order valence-electron chi connectivity index (χ4n) is 3.45. The van der Waals surface area contributed by atoms with Gasteiger partial charge in [0.25, 0.3) is 5.91 Å². The van der Waals surface area contributed by atoms with Crippen LogP contribution in [0.3, 0.4) is 0 Å². The minimum Gasteiger partial charge on any atom is -0.337 e. The third kappa shape index (κ3) is 5.17. The number of nitrogens with one attached hydrogen (secondary N) is 1. The Kier molecular flexibility index (Phi) is 6.29. The molecule has 144 valence electrons. The Morgan fingerprint density at radius 1 is 1.04 bits per heavy atom. The molecular formula is C21H26N2O3S. The van der Waals surface area contributed by atoms with Gasteiger partial charge in [-0.3, -0.25) is 4.79 Å². The second-order valence-corrected chi connectivity index (χ2v) is 8.84. The molecule has 5 nitrogen and oxygen atoms in total. The van der Waals surface area contributed by atoms with Gasteiger partial charge in [-0.25, -0.2) is 13.1 Å². The molecule has 1 aliphatic carbocycles. The quantitative estimate of drug-likeness (QED) is 0.825. The lowest BCUT2D eigenvalue weighted by molar-refractivity contribution is 0.0785. The van der Waals surface area contributed by atoms with Gasteiger partial charge in [0.05, 0.1) is 4.90 Å². The van der Waals surface area contributed by atoms with Gasteiger partial charge in [-0.15, -0.1) is 0 Å². The molecule has 0 unspecified atom stereocenters. The van der Waals surface area contributed by atoms with Crippen molar-refractivity contribution in [3.8, 4) is 0 Å². The molecule has 27 heavy (non-hydrogen) atoms. The van der Waals surface area contributed by atoms with Gasteiger partial charge in [-0.2, -0.15) is 0 Å². The Bertz CT molecular complexity index is 875. The molecule has 0 atom stereocenters. The van der Waals surface area contributed by atoms with Crippen molar-refractivity contribution in [2.24, 2.45) is 0 Å². The van der Waals surface area contributed by atoms with E-state index in [9.17, 15) is 13.2 Å². The van der Waals surface area contributed by atoms with Gasteiger partial charge in [0.1, 0.15) is 0 Å². The number of amides is 1. The van der Waals surface area contributed by atoms with Crippen molar-refractivity contribution in [3.05, 3.63) is 65.7 Å². The molecule has 0 spiro atoms. The predicted molar refractivity (Wildman–Crippen MR) is 106 cm³/mol. The van der Waals surface area contributed by atoms with Gasteiger partial charge < -0.3 is 4.90 Å². The maximum atomic E-state index is 12.7. The van der Waals surface area contributed by atoms with Gasteiger partial charge in [0.2, 0.25) is 10.0 Å². The summed E-state index contributed by atoms with van der Waals surface area (Å²) in [6, 6.07) is 16.0. The summed E-state index contributed by atoms with van der Waals surface area (Å²) >= 11 is 0. The predicted octanol–water partition coefficient (Wildman–Crippen LogP) is 3.57. The second kappa shape index (κ2) is 8.67. The highest BCUT2D eigenvalue weighted by Gasteiger charge is 2.23. The van der Waals surface area contributed by atoms with E-state index in [0.717, 1.165) is 37.7 Å². The Hall–Kier alpha value is -2.18. The molecule has 0 heterocycles. The topological polar surface area (TPSA) is 66.5 Å². The van der Waals surface area contributed by atoms with E-state index in [2.05, 4.69) is 4.72 Å². The van der Waals surface area contributed by atoms with Crippen LogP contribution in [0, 0.1) is 0 Å². The van der Waals surface area contributed by atoms with Crippen molar-refractivity contribution < 1.29 is 13.2 Å². The zero-order valence-electron chi connectivity index (χ0n) is 15.6. The van der Waals surface area contributed by atoms with Crippen LogP contribution in [-0.4, -0.2) is 32.3 Å². The first-order chi connectivity index (χ1) is 13.0. The molecule has 0 aliphatic heterocycles. The normalized spacial score (nSPS) is 15.4. The standard InChI is InChI=1S/C21H26N2O3S/c1-23(16-17-9-4-2-5-10-17)21(24)18-11-8-14-20(15-18)27(25,26)22-19-12-6-3-7-13-19/h2,4-5,8-11,14-15,19,22H,3,6-7,12-13,16H2,1H3. The monoisotopic (exact) mass is 386 g/mol. The number of carbonyl (C=O) groups is 1. The van der Waals surface area contributed by atoms with Crippen molar-refractivity contribution in [2.45, 2.75) is 49.6 Å². The zero-order valence-corrected chi connectivity index (χ0v) is 16.4. The molecule has 6 heteroatoms. The molecule has 2 aromatic carbocycles. The average molecular weight is 387 g/mol. The fraction of sp³-hybridized carbons (Fsp3) is 0.381. The molecule has 3 rings (SSSR count). The first-order valence-corrected chi connectivity index (χ1v) is 10.9. The lowest BCUT2D eigenvalue weighted by Gasteiger charge is -2.23. The summed E-state index contributed by atoms with van der Waals surface area (Å²) in [6.07, 6.45) is 5.01. The first kappa shape index (κ1) is 19.6. The molecule has 2 aromatic rings. The van der Waals surface area contributed by atoms with E-state index >= 15 is 0 Å². The average Bonchev–Trinajstić information content (AvgIpc) is 2.69. The van der Waals surface area contributed by atoms with Crippen LogP contribution in [0.15, 0.2) is 59.5 Å².